The molecule has 5 nitrogen and oxygen atoms in total. The van der Waals surface area contributed by atoms with Crippen LogP contribution in [0, 0.1) is 5.92 Å². The molecule has 0 saturated carbocycles. The normalized spacial score (nSPS) is 18.7. The van der Waals surface area contributed by atoms with Crippen LogP contribution in [0.1, 0.15) is 25.3 Å². The van der Waals surface area contributed by atoms with Crippen LogP contribution in [0.15, 0.2) is 18.2 Å². The molecular weight excluding hydrogens is 338 g/mol. The van der Waals surface area contributed by atoms with Gasteiger partial charge in [0.15, 0.2) is 9.84 Å². The summed E-state index contributed by atoms with van der Waals surface area (Å²) in [4.78, 5) is 13.9. The van der Waals surface area contributed by atoms with E-state index in [9.17, 15) is 13.2 Å². The Morgan fingerprint density at radius 1 is 1.43 bits per heavy atom. The van der Waals surface area contributed by atoms with E-state index in [1.54, 1.807) is 23.1 Å². The summed E-state index contributed by atoms with van der Waals surface area (Å²) in [5, 5.41) is 0.437. The van der Waals surface area contributed by atoms with Gasteiger partial charge in [0.05, 0.1) is 12.9 Å². The first-order chi connectivity index (χ1) is 10.8. The molecule has 0 aliphatic carbocycles. The predicted octanol–water partition coefficient (Wildman–Crippen LogP) is 2.52. The van der Waals surface area contributed by atoms with Gasteiger partial charge in [-0.1, -0.05) is 18.5 Å². The van der Waals surface area contributed by atoms with Gasteiger partial charge in [0, 0.05) is 23.7 Å². The molecule has 1 atom stereocenters. The standard InChI is InChI=1S/C16H22ClNO4S/c1-12-4-3-7-18(9-12)16(19)11-23(20,21)10-13-8-14(17)5-6-15(13)22-2/h5-6,8,12H,3-4,7,9-11H2,1-2H3. The maximum atomic E-state index is 12.4. The quantitative estimate of drug-likeness (QED) is 0.810. The van der Waals surface area contributed by atoms with Gasteiger partial charge in [-0.2, -0.15) is 0 Å². The number of sulfone groups is 1. The average molecular weight is 360 g/mol. The molecule has 0 N–H and O–H groups in total. The molecule has 0 radical (unpaired) electrons. The Morgan fingerprint density at radius 2 is 2.17 bits per heavy atom. The molecule has 0 aromatic heterocycles. The fourth-order valence-corrected chi connectivity index (χ4v) is 4.40. The van der Waals surface area contributed by atoms with Crippen molar-refractivity contribution in [3.63, 3.8) is 0 Å². The lowest BCUT2D eigenvalue weighted by Crippen LogP contribution is -2.42. The number of likely N-dealkylation sites (tertiary alicyclic amines) is 1. The van der Waals surface area contributed by atoms with E-state index in [0.717, 1.165) is 12.8 Å². The number of carbonyl (C=O) groups is 1. The molecule has 1 amide bonds. The van der Waals surface area contributed by atoms with E-state index in [-0.39, 0.29) is 11.7 Å². The second-order valence-corrected chi connectivity index (χ2v) is 8.58. The number of benzene rings is 1. The lowest BCUT2D eigenvalue weighted by atomic mass is 10.0. The van der Waals surface area contributed by atoms with Crippen LogP contribution in [0.3, 0.4) is 0 Å². The highest BCUT2D eigenvalue weighted by Gasteiger charge is 2.26. The number of rotatable bonds is 5. The summed E-state index contributed by atoms with van der Waals surface area (Å²) in [5.74, 6) is -0.181. The highest BCUT2D eigenvalue weighted by molar-refractivity contribution is 7.91. The fraction of sp³-hybridized carbons (Fsp3) is 0.562. The van der Waals surface area contributed by atoms with Crippen molar-refractivity contribution < 1.29 is 17.9 Å². The van der Waals surface area contributed by atoms with Gasteiger partial charge in [-0.05, 0) is 37.0 Å². The number of piperidine rings is 1. The Morgan fingerprint density at radius 3 is 2.83 bits per heavy atom. The van der Waals surface area contributed by atoms with Gasteiger partial charge in [0.25, 0.3) is 0 Å². The zero-order valence-electron chi connectivity index (χ0n) is 13.4. The first-order valence-electron chi connectivity index (χ1n) is 7.61. The molecule has 1 fully saturated rings. The number of amides is 1. The van der Waals surface area contributed by atoms with Crippen LogP contribution in [0.2, 0.25) is 5.02 Å². The second kappa shape index (κ2) is 7.53. The Bertz CT molecular complexity index is 675. The highest BCUT2D eigenvalue weighted by Crippen LogP contribution is 2.25. The van der Waals surface area contributed by atoms with Crippen molar-refractivity contribution >= 4 is 27.3 Å². The topological polar surface area (TPSA) is 63.7 Å². The van der Waals surface area contributed by atoms with E-state index in [0.29, 0.717) is 35.3 Å². The molecule has 1 heterocycles. The molecule has 0 bridgehead atoms. The van der Waals surface area contributed by atoms with Crippen molar-refractivity contribution in [2.75, 3.05) is 26.0 Å². The van der Waals surface area contributed by atoms with Crippen LogP contribution in [0.5, 0.6) is 5.75 Å². The molecule has 2 rings (SSSR count). The summed E-state index contributed by atoms with van der Waals surface area (Å²) in [7, 11) is -2.11. The van der Waals surface area contributed by atoms with Gasteiger partial charge < -0.3 is 9.64 Å². The second-order valence-electron chi connectivity index (χ2n) is 6.08. The van der Waals surface area contributed by atoms with E-state index in [1.165, 1.54) is 7.11 Å². The van der Waals surface area contributed by atoms with Crippen LogP contribution < -0.4 is 4.74 Å². The number of ether oxygens (including phenoxy) is 1. The maximum absolute atomic E-state index is 12.4. The van der Waals surface area contributed by atoms with Crippen molar-refractivity contribution in [3.8, 4) is 5.75 Å². The Labute approximate surface area is 142 Å². The predicted molar refractivity (Wildman–Crippen MR) is 90.5 cm³/mol. The van der Waals surface area contributed by atoms with Gasteiger partial charge in [-0.15, -0.1) is 0 Å². The molecule has 1 aromatic rings. The van der Waals surface area contributed by atoms with Crippen molar-refractivity contribution in [1.82, 2.24) is 4.90 Å². The summed E-state index contributed by atoms with van der Waals surface area (Å²) in [6.07, 6.45) is 2.01. The molecule has 1 saturated heterocycles. The number of hydrogen-bond acceptors (Lipinski definition) is 4. The van der Waals surface area contributed by atoms with Crippen LogP contribution in [-0.2, 0) is 20.4 Å². The van der Waals surface area contributed by atoms with Crippen LogP contribution in [0.4, 0.5) is 0 Å². The van der Waals surface area contributed by atoms with Gasteiger partial charge in [0.2, 0.25) is 5.91 Å². The van der Waals surface area contributed by atoms with Crippen LogP contribution in [-0.4, -0.2) is 45.2 Å². The number of carbonyl (C=O) groups excluding carboxylic acids is 1. The van der Waals surface area contributed by atoms with Gasteiger partial charge >= 0.3 is 0 Å². The van der Waals surface area contributed by atoms with Crippen LogP contribution in [0.25, 0.3) is 0 Å². The van der Waals surface area contributed by atoms with Crippen LogP contribution >= 0.6 is 11.6 Å². The molecule has 1 aliphatic heterocycles. The largest absolute Gasteiger partial charge is 0.496 e. The summed E-state index contributed by atoms with van der Waals surface area (Å²) in [5.41, 5.74) is 0.472. The smallest absolute Gasteiger partial charge is 0.237 e. The number of methoxy groups -OCH3 is 1. The molecule has 23 heavy (non-hydrogen) atoms. The first-order valence-corrected chi connectivity index (χ1v) is 9.81. The molecular formula is C16H22ClNO4S. The minimum atomic E-state index is -3.58. The van der Waals surface area contributed by atoms with Crippen molar-refractivity contribution in [2.45, 2.75) is 25.5 Å². The minimum Gasteiger partial charge on any atom is -0.496 e. The third kappa shape index (κ3) is 5.11. The van der Waals surface area contributed by atoms with E-state index in [1.807, 2.05) is 0 Å². The van der Waals surface area contributed by atoms with E-state index in [4.69, 9.17) is 16.3 Å². The molecule has 7 heteroatoms. The van der Waals surface area contributed by atoms with E-state index < -0.39 is 15.6 Å². The van der Waals surface area contributed by atoms with Crippen molar-refractivity contribution in [3.05, 3.63) is 28.8 Å². The van der Waals surface area contributed by atoms with Gasteiger partial charge in [-0.3, -0.25) is 4.79 Å². The molecule has 1 aromatic carbocycles. The molecule has 1 unspecified atom stereocenters. The van der Waals surface area contributed by atoms with Crippen molar-refractivity contribution in [2.24, 2.45) is 5.92 Å². The van der Waals surface area contributed by atoms with Gasteiger partial charge in [-0.25, -0.2) is 8.42 Å². The number of halogens is 1. The minimum absolute atomic E-state index is 0.258. The third-order valence-electron chi connectivity index (χ3n) is 3.97. The van der Waals surface area contributed by atoms with E-state index >= 15 is 0 Å². The Kier molecular flexibility index (Phi) is 5.92. The number of hydrogen-bond donors (Lipinski definition) is 0. The summed E-state index contributed by atoms with van der Waals surface area (Å²) >= 11 is 5.92. The molecule has 0 spiro atoms. The van der Waals surface area contributed by atoms with E-state index in [2.05, 4.69) is 6.92 Å². The third-order valence-corrected chi connectivity index (χ3v) is 5.64. The lowest BCUT2D eigenvalue weighted by Gasteiger charge is -2.30. The Hall–Kier alpha value is -1.27. The molecule has 128 valence electrons. The van der Waals surface area contributed by atoms with Crippen molar-refractivity contribution in [1.29, 1.82) is 0 Å². The van der Waals surface area contributed by atoms with Gasteiger partial charge in [0.1, 0.15) is 11.5 Å². The zero-order valence-corrected chi connectivity index (χ0v) is 15.0. The summed E-state index contributed by atoms with van der Waals surface area (Å²) in [6.45, 7) is 3.35. The number of nitrogens with zero attached hydrogens (tertiary/aromatic N) is 1. The lowest BCUT2D eigenvalue weighted by molar-refractivity contribution is -0.130. The zero-order chi connectivity index (χ0) is 17.0. The maximum Gasteiger partial charge on any atom is 0.237 e. The monoisotopic (exact) mass is 359 g/mol. The summed E-state index contributed by atoms with van der Waals surface area (Å²) < 4.78 is 29.9. The fourth-order valence-electron chi connectivity index (χ4n) is 2.84. The SMILES string of the molecule is COc1ccc(Cl)cc1CS(=O)(=O)CC(=O)N1CCCC(C)C1. The summed E-state index contributed by atoms with van der Waals surface area (Å²) in [6, 6.07) is 4.82. The first kappa shape index (κ1) is 18.1. The molecule has 1 aliphatic rings. The average Bonchev–Trinajstić information content (AvgIpc) is 2.46. The Balaban J connectivity index is 2.07. The highest BCUT2D eigenvalue weighted by atomic mass is 35.5.